The molecule has 5 nitrogen and oxygen atoms in total. The van der Waals surface area contributed by atoms with Crippen molar-refractivity contribution in [1.29, 1.82) is 0 Å². The lowest BCUT2D eigenvalue weighted by molar-refractivity contribution is -0.122. The molecule has 1 unspecified atom stereocenters. The van der Waals surface area contributed by atoms with E-state index >= 15 is 0 Å². The van der Waals surface area contributed by atoms with Crippen molar-refractivity contribution in [2.75, 3.05) is 5.32 Å². The first-order valence-corrected chi connectivity index (χ1v) is 9.60. The van der Waals surface area contributed by atoms with Gasteiger partial charge >= 0.3 is 0 Å². The molecule has 148 valence electrons. The fraction of sp³-hybridized carbons (Fsp3) is 0.167. The SMILES string of the molecule is CCC(Oc1ccccc1)C(=O)Nc1cccc(C(=O)NCc2ccccc2)c1. The summed E-state index contributed by atoms with van der Waals surface area (Å²) in [6.45, 7) is 2.33. The molecule has 5 heteroatoms. The molecule has 0 saturated heterocycles. The van der Waals surface area contributed by atoms with Crippen LogP contribution in [0, 0.1) is 0 Å². The standard InChI is InChI=1S/C24H24N2O3/c1-2-22(29-21-14-7-4-8-15-21)24(28)26-20-13-9-12-19(16-20)23(27)25-17-18-10-5-3-6-11-18/h3-16,22H,2,17H2,1H3,(H,25,27)(H,26,28). The lowest BCUT2D eigenvalue weighted by Gasteiger charge is -2.17. The van der Waals surface area contributed by atoms with Gasteiger partial charge in [-0.25, -0.2) is 0 Å². The predicted molar refractivity (Wildman–Crippen MR) is 114 cm³/mol. The van der Waals surface area contributed by atoms with Gasteiger partial charge in [-0.3, -0.25) is 9.59 Å². The zero-order valence-electron chi connectivity index (χ0n) is 16.3. The number of para-hydroxylation sites is 1. The number of hydrogen-bond acceptors (Lipinski definition) is 3. The van der Waals surface area contributed by atoms with Crippen LogP contribution in [-0.4, -0.2) is 17.9 Å². The number of nitrogens with one attached hydrogen (secondary N) is 2. The molecular weight excluding hydrogens is 364 g/mol. The van der Waals surface area contributed by atoms with Crippen molar-refractivity contribution in [3.63, 3.8) is 0 Å². The molecule has 0 aliphatic heterocycles. The van der Waals surface area contributed by atoms with Crippen molar-refractivity contribution in [2.45, 2.75) is 26.0 Å². The Bertz CT molecular complexity index is 943. The van der Waals surface area contributed by atoms with Crippen LogP contribution in [0.4, 0.5) is 5.69 Å². The number of hydrogen-bond donors (Lipinski definition) is 2. The second-order valence-corrected chi connectivity index (χ2v) is 6.57. The molecule has 3 rings (SSSR count). The summed E-state index contributed by atoms with van der Waals surface area (Å²) in [6, 6.07) is 25.8. The topological polar surface area (TPSA) is 67.4 Å². The predicted octanol–water partition coefficient (Wildman–Crippen LogP) is 4.41. The Morgan fingerprint density at radius 1 is 0.897 bits per heavy atom. The van der Waals surface area contributed by atoms with Crippen LogP contribution in [0.2, 0.25) is 0 Å². The first-order valence-electron chi connectivity index (χ1n) is 9.60. The van der Waals surface area contributed by atoms with Crippen LogP contribution in [0.3, 0.4) is 0 Å². The van der Waals surface area contributed by atoms with Crippen molar-refractivity contribution >= 4 is 17.5 Å². The Hall–Kier alpha value is -3.60. The summed E-state index contributed by atoms with van der Waals surface area (Å²) >= 11 is 0. The van der Waals surface area contributed by atoms with Gasteiger partial charge in [0.25, 0.3) is 11.8 Å². The summed E-state index contributed by atoms with van der Waals surface area (Å²) in [5.41, 5.74) is 2.06. The number of amides is 2. The molecule has 0 aliphatic carbocycles. The smallest absolute Gasteiger partial charge is 0.265 e. The molecule has 0 aliphatic rings. The van der Waals surface area contributed by atoms with Crippen LogP contribution in [0.15, 0.2) is 84.9 Å². The highest BCUT2D eigenvalue weighted by Crippen LogP contribution is 2.16. The maximum absolute atomic E-state index is 12.6. The molecule has 3 aromatic rings. The third kappa shape index (κ3) is 5.94. The quantitative estimate of drug-likeness (QED) is 0.601. The summed E-state index contributed by atoms with van der Waals surface area (Å²) in [4.78, 5) is 25.0. The molecule has 2 amide bonds. The van der Waals surface area contributed by atoms with Crippen LogP contribution >= 0.6 is 0 Å². The maximum Gasteiger partial charge on any atom is 0.265 e. The van der Waals surface area contributed by atoms with E-state index in [1.54, 1.807) is 24.3 Å². The van der Waals surface area contributed by atoms with Crippen molar-refractivity contribution < 1.29 is 14.3 Å². The fourth-order valence-electron chi connectivity index (χ4n) is 2.83. The van der Waals surface area contributed by atoms with Gasteiger partial charge < -0.3 is 15.4 Å². The Labute approximate surface area is 170 Å². The van der Waals surface area contributed by atoms with Gasteiger partial charge in [-0.2, -0.15) is 0 Å². The Balaban J connectivity index is 1.60. The maximum atomic E-state index is 12.6. The average Bonchev–Trinajstić information content (AvgIpc) is 2.77. The molecule has 29 heavy (non-hydrogen) atoms. The van der Waals surface area contributed by atoms with Gasteiger partial charge in [0.2, 0.25) is 0 Å². The van der Waals surface area contributed by atoms with Gasteiger partial charge in [0.15, 0.2) is 6.10 Å². The molecule has 0 fully saturated rings. The van der Waals surface area contributed by atoms with Gasteiger partial charge in [-0.1, -0.05) is 61.5 Å². The van der Waals surface area contributed by atoms with E-state index in [-0.39, 0.29) is 11.8 Å². The Kier molecular flexibility index (Phi) is 7.00. The lowest BCUT2D eigenvalue weighted by atomic mass is 10.1. The molecule has 2 N–H and O–H groups in total. The summed E-state index contributed by atoms with van der Waals surface area (Å²) < 4.78 is 5.77. The van der Waals surface area contributed by atoms with Crippen molar-refractivity contribution in [3.05, 3.63) is 96.1 Å². The van der Waals surface area contributed by atoms with Crippen molar-refractivity contribution in [2.24, 2.45) is 0 Å². The fourth-order valence-corrected chi connectivity index (χ4v) is 2.83. The minimum Gasteiger partial charge on any atom is -0.481 e. The second-order valence-electron chi connectivity index (χ2n) is 6.57. The third-order valence-corrected chi connectivity index (χ3v) is 4.37. The zero-order chi connectivity index (χ0) is 20.5. The van der Waals surface area contributed by atoms with Crippen LogP contribution in [0.1, 0.15) is 29.3 Å². The molecule has 0 aromatic heterocycles. The molecule has 0 heterocycles. The Morgan fingerprint density at radius 3 is 2.28 bits per heavy atom. The van der Waals surface area contributed by atoms with E-state index in [2.05, 4.69) is 10.6 Å². The van der Waals surface area contributed by atoms with E-state index in [1.807, 2.05) is 67.6 Å². The van der Waals surface area contributed by atoms with Crippen LogP contribution in [-0.2, 0) is 11.3 Å². The highest BCUT2D eigenvalue weighted by Gasteiger charge is 2.19. The molecule has 0 bridgehead atoms. The van der Waals surface area contributed by atoms with E-state index in [0.717, 1.165) is 5.56 Å². The first-order chi connectivity index (χ1) is 14.2. The summed E-state index contributed by atoms with van der Waals surface area (Å²) in [6.07, 6.45) is -0.0919. The van der Waals surface area contributed by atoms with Crippen LogP contribution in [0.5, 0.6) is 5.75 Å². The van der Waals surface area contributed by atoms with E-state index < -0.39 is 6.10 Å². The van der Waals surface area contributed by atoms with Crippen LogP contribution < -0.4 is 15.4 Å². The van der Waals surface area contributed by atoms with E-state index in [4.69, 9.17) is 4.74 Å². The number of carbonyl (C=O) groups is 2. The first kappa shape index (κ1) is 20.1. The van der Waals surface area contributed by atoms with Crippen molar-refractivity contribution in [1.82, 2.24) is 5.32 Å². The number of carbonyl (C=O) groups excluding carboxylic acids is 2. The Morgan fingerprint density at radius 2 is 1.59 bits per heavy atom. The van der Waals surface area contributed by atoms with Gasteiger partial charge in [-0.15, -0.1) is 0 Å². The molecule has 0 saturated carbocycles. The van der Waals surface area contributed by atoms with Crippen LogP contribution in [0.25, 0.3) is 0 Å². The minimum atomic E-state index is -0.618. The molecular formula is C24H24N2O3. The van der Waals surface area contributed by atoms with Gasteiger partial charge in [-0.05, 0) is 42.3 Å². The van der Waals surface area contributed by atoms with Gasteiger partial charge in [0.1, 0.15) is 5.75 Å². The van der Waals surface area contributed by atoms with Gasteiger partial charge in [0, 0.05) is 17.8 Å². The number of rotatable bonds is 8. The highest BCUT2D eigenvalue weighted by molar-refractivity contribution is 5.98. The third-order valence-electron chi connectivity index (χ3n) is 4.37. The van der Waals surface area contributed by atoms with E-state index in [9.17, 15) is 9.59 Å². The van der Waals surface area contributed by atoms with Gasteiger partial charge in [0.05, 0.1) is 0 Å². The molecule has 1 atom stereocenters. The largest absolute Gasteiger partial charge is 0.481 e. The normalized spacial score (nSPS) is 11.3. The average molecular weight is 388 g/mol. The van der Waals surface area contributed by atoms with E-state index in [0.29, 0.717) is 30.0 Å². The summed E-state index contributed by atoms with van der Waals surface area (Å²) in [7, 11) is 0. The second kappa shape index (κ2) is 10.1. The molecule has 0 radical (unpaired) electrons. The monoisotopic (exact) mass is 388 g/mol. The summed E-state index contributed by atoms with van der Waals surface area (Å²) in [5, 5.41) is 5.72. The molecule has 3 aromatic carbocycles. The number of benzene rings is 3. The number of anilines is 1. The van der Waals surface area contributed by atoms with E-state index in [1.165, 1.54) is 0 Å². The minimum absolute atomic E-state index is 0.197. The van der Waals surface area contributed by atoms with Crippen molar-refractivity contribution in [3.8, 4) is 5.75 Å². The number of ether oxygens (including phenoxy) is 1. The summed E-state index contributed by atoms with van der Waals surface area (Å²) in [5.74, 6) is 0.194. The zero-order valence-corrected chi connectivity index (χ0v) is 16.3. The molecule has 0 spiro atoms. The highest BCUT2D eigenvalue weighted by atomic mass is 16.5. The lowest BCUT2D eigenvalue weighted by Crippen LogP contribution is -2.32.